The second-order valence-corrected chi connectivity index (χ2v) is 0. The SMILES string of the molecule is [Fe].[Fe].[Fe].[Fe].[Zr]. The molecule has 0 amide bonds. The maximum atomic E-state index is 0. The molecule has 0 atom stereocenters. The van der Waals surface area contributed by atoms with E-state index in [2.05, 4.69) is 0 Å². The zero-order valence-corrected chi connectivity index (χ0v) is 8.79. The molecule has 0 N–H and O–H groups in total. The molecule has 0 radical (unpaired) electrons. The van der Waals surface area contributed by atoms with Crippen molar-refractivity contribution in [3.05, 3.63) is 0 Å². The zero-order chi connectivity index (χ0) is 0. The van der Waals surface area contributed by atoms with Crippen LogP contribution in [0.2, 0.25) is 0 Å². The molecule has 0 spiro atoms. The predicted molar refractivity (Wildman–Crippen MR) is 0 cm³/mol. The molecule has 0 rings (SSSR count). The Kier molecular flexibility index (Phi) is 248. The van der Waals surface area contributed by atoms with Crippen molar-refractivity contribution in [3.63, 3.8) is 0 Å². The van der Waals surface area contributed by atoms with E-state index in [1.807, 2.05) is 0 Å². The van der Waals surface area contributed by atoms with E-state index >= 15 is 0 Å². The first kappa shape index (κ1) is 44.0. The quantitative estimate of drug-likeness (QED) is 0.552. The molecular formula is Fe4Zr. The summed E-state index contributed by atoms with van der Waals surface area (Å²) in [4.78, 5) is 0. The Morgan fingerprint density at radius 1 is 0.400 bits per heavy atom. The molecule has 0 saturated carbocycles. The van der Waals surface area contributed by atoms with Crippen LogP contribution in [0.3, 0.4) is 0 Å². The summed E-state index contributed by atoms with van der Waals surface area (Å²) in [5.41, 5.74) is 0. The first-order valence-electron chi connectivity index (χ1n) is 0. The van der Waals surface area contributed by atoms with Gasteiger partial charge in [-0.3, -0.25) is 0 Å². The minimum Gasteiger partial charge on any atom is 0 e. The molecule has 0 nitrogen and oxygen atoms in total. The zero-order valence-electron chi connectivity index (χ0n) is 1.91. The van der Waals surface area contributed by atoms with Crippen LogP contribution in [0.5, 0.6) is 0 Å². The van der Waals surface area contributed by atoms with Crippen LogP contribution in [0.15, 0.2) is 0 Å². The normalized spacial score (nSPS) is 0. The molecule has 0 fully saturated rings. The van der Waals surface area contributed by atoms with Crippen molar-refractivity contribution >= 4 is 0 Å². The molecule has 5 heteroatoms. The van der Waals surface area contributed by atoms with Gasteiger partial charge in [0, 0.05) is 94.5 Å². The van der Waals surface area contributed by atoms with Gasteiger partial charge in [0.1, 0.15) is 0 Å². The molecule has 0 aromatic rings. The van der Waals surface area contributed by atoms with Crippen LogP contribution in [-0.2, 0) is 94.5 Å². The van der Waals surface area contributed by atoms with Crippen LogP contribution in [0.1, 0.15) is 0 Å². The van der Waals surface area contributed by atoms with Gasteiger partial charge in [-0.15, -0.1) is 0 Å². The number of rotatable bonds is 0. The van der Waals surface area contributed by atoms with E-state index in [0.717, 1.165) is 0 Å². The van der Waals surface area contributed by atoms with E-state index in [0.29, 0.717) is 0 Å². The Labute approximate surface area is 93.0 Å². The molecule has 0 heterocycles. The van der Waals surface area contributed by atoms with Gasteiger partial charge < -0.3 is 0 Å². The van der Waals surface area contributed by atoms with E-state index in [1.165, 1.54) is 0 Å². The van der Waals surface area contributed by atoms with Crippen molar-refractivity contribution in [1.82, 2.24) is 0 Å². The maximum Gasteiger partial charge on any atom is 0 e. The molecule has 0 aromatic carbocycles. The third kappa shape index (κ3) is 19.5. The van der Waals surface area contributed by atoms with Crippen molar-refractivity contribution < 1.29 is 94.5 Å². The molecule has 5 heavy (non-hydrogen) atoms. The van der Waals surface area contributed by atoms with Crippen molar-refractivity contribution in [2.45, 2.75) is 0 Å². The Morgan fingerprint density at radius 3 is 0.400 bits per heavy atom. The topological polar surface area (TPSA) is 0 Å². The second-order valence-electron chi connectivity index (χ2n) is 0. The number of hydrogen-bond acceptors (Lipinski definition) is 0. The average molecular weight is 315 g/mol. The van der Waals surface area contributed by atoms with E-state index in [4.69, 9.17) is 0 Å². The van der Waals surface area contributed by atoms with Crippen molar-refractivity contribution in [2.24, 2.45) is 0 Å². The Balaban J connectivity index is 0. The van der Waals surface area contributed by atoms with Gasteiger partial charge >= 0.3 is 0 Å². The van der Waals surface area contributed by atoms with Gasteiger partial charge in [0.05, 0.1) is 0 Å². The van der Waals surface area contributed by atoms with Crippen molar-refractivity contribution in [1.29, 1.82) is 0 Å². The van der Waals surface area contributed by atoms with Crippen LogP contribution < -0.4 is 0 Å². The third-order valence-corrected chi connectivity index (χ3v) is 0. The maximum absolute atomic E-state index is 0. The molecule has 0 unspecified atom stereocenters. The summed E-state index contributed by atoms with van der Waals surface area (Å²) in [6, 6.07) is 0. The summed E-state index contributed by atoms with van der Waals surface area (Å²) in [7, 11) is 0. The molecule has 0 saturated heterocycles. The van der Waals surface area contributed by atoms with E-state index in [-0.39, 0.29) is 94.5 Å². The fourth-order valence-corrected chi connectivity index (χ4v) is 0. The molecule has 36 valence electrons. The first-order chi connectivity index (χ1) is 0. The summed E-state index contributed by atoms with van der Waals surface area (Å²) >= 11 is 0. The Bertz CT molecular complexity index is 3.61. The minimum absolute atomic E-state index is 0. The average Bonchev–Trinajstić information content (AvgIpc) is 0. The van der Waals surface area contributed by atoms with Gasteiger partial charge in [0.2, 0.25) is 0 Å². The molecule has 0 aliphatic heterocycles. The summed E-state index contributed by atoms with van der Waals surface area (Å²) in [6.07, 6.45) is 0. The second kappa shape index (κ2) is 28.2. The van der Waals surface area contributed by atoms with E-state index < -0.39 is 0 Å². The van der Waals surface area contributed by atoms with Crippen LogP contribution in [0.4, 0.5) is 0 Å². The van der Waals surface area contributed by atoms with Crippen molar-refractivity contribution in [2.75, 3.05) is 0 Å². The van der Waals surface area contributed by atoms with Crippen LogP contribution in [-0.4, -0.2) is 0 Å². The van der Waals surface area contributed by atoms with Gasteiger partial charge in [-0.25, -0.2) is 0 Å². The summed E-state index contributed by atoms with van der Waals surface area (Å²) in [5, 5.41) is 0. The molecule has 0 aliphatic rings. The van der Waals surface area contributed by atoms with Gasteiger partial charge in [0.25, 0.3) is 0 Å². The van der Waals surface area contributed by atoms with E-state index in [1.54, 1.807) is 0 Å². The summed E-state index contributed by atoms with van der Waals surface area (Å²) in [6.45, 7) is 0. The molecule has 0 aromatic heterocycles. The van der Waals surface area contributed by atoms with Crippen molar-refractivity contribution in [3.8, 4) is 0 Å². The standard InChI is InChI=1S/4Fe.Zr. The fraction of sp³-hybridized carbons (Fsp3) is 0. The summed E-state index contributed by atoms with van der Waals surface area (Å²) < 4.78 is 0. The first-order valence-corrected chi connectivity index (χ1v) is 0. The molecule has 0 bridgehead atoms. The van der Waals surface area contributed by atoms with Crippen LogP contribution in [0, 0.1) is 0 Å². The molecule has 0 aliphatic carbocycles. The number of hydrogen-bond donors (Lipinski definition) is 0. The largest absolute Gasteiger partial charge is 0 e. The monoisotopic (exact) mass is 314 g/mol. The predicted octanol–water partition coefficient (Wildman–Crippen LogP) is -0.0125. The molecular weight excluding hydrogens is 315 g/mol. The van der Waals surface area contributed by atoms with Gasteiger partial charge in [0.15, 0.2) is 0 Å². The van der Waals surface area contributed by atoms with Gasteiger partial charge in [-0.2, -0.15) is 0 Å². The fourth-order valence-electron chi connectivity index (χ4n) is 0. The Hall–Kier alpha value is 2.96. The van der Waals surface area contributed by atoms with Gasteiger partial charge in [-0.05, 0) is 0 Å². The van der Waals surface area contributed by atoms with E-state index in [9.17, 15) is 0 Å². The van der Waals surface area contributed by atoms with Crippen LogP contribution >= 0.6 is 0 Å². The van der Waals surface area contributed by atoms with Gasteiger partial charge in [-0.1, -0.05) is 0 Å². The third-order valence-electron chi connectivity index (χ3n) is 0. The Morgan fingerprint density at radius 2 is 0.400 bits per heavy atom. The smallest absolute Gasteiger partial charge is 0 e. The minimum atomic E-state index is 0. The summed E-state index contributed by atoms with van der Waals surface area (Å²) in [5.74, 6) is 0. The van der Waals surface area contributed by atoms with Crippen LogP contribution in [0.25, 0.3) is 0 Å².